The summed E-state index contributed by atoms with van der Waals surface area (Å²) >= 11 is -19.5. The molecule has 2 aliphatic heterocycles. The van der Waals surface area contributed by atoms with Gasteiger partial charge >= 0.3 is 130 Å². The van der Waals surface area contributed by atoms with Gasteiger partial charge in [-0.05, 0) is 0 Å². The molecule has 2 heterocycles. The van der Waals surface area contributed by atoms with Crippen molar-refractivity contribution in [1.29, 1.82) is 0 Å². The third-order valence-electron chi connectivity index (χ3n) is 8.01. The second kappa shape index (κ2) is 29.7. The second-order valence-electron chi connectivity index (χ2n) is 13.2. The maximum Gasteiger partial charge on any atom is 0.397 e. The molecule has 19 atom stereocenters. The molecule has 0 aromatic carbocycles. The molecule has 0 radical (unpaired) electrons. The Morgan fingerprint density at radius 2 is 0.740 bits per heavy atom. The summed E-state index contributed by atoms with van der Waals surface area (Å²) in [6, 6.07) is 0. The van der Waals surface area contributed by atoms with Gasteiger partial charge in [0.15, 0.2) is 24.8 Å². The second-order valence-corrected chi connectivity index (χ2v) is 23.7. The zero-order chi connectivity index (χ0) is 59.6. The number of hydrogen-bond acceptors (Lipinski definition) is 35. The monoisotopic (exact) mass is 1390 g/mol. The van der Waals surface area contributed by atoms with Crippen LogP contribution in [0.5, 0.6) is 0 Å². The lowest BCUT2D eigenvalue weighted by Gasteiger charge is -2.43. The first-order valence-corrected chi connectivity index (χ1v) is 32.3. The molecule has 0 amide bonds. The van der Waals surface area contributed by atoms with Crippen LogP contribution < -0.4 is 0 Å². The summed E-state index contributed by atoms with van der Waals surface area (Å²) in [5, 5.41) is 0. The molecule has 47 nitrogen and oxygen atoms in total. The molecule has 0 aliphatic carbocycles. The van der Waals surface area contributed by atoms with E-state index in [9.17, 15) is 125 Å². The maximum absolute atomic E-state index is 12.3. The highest BCUT2D eigenvalue weighted by Crippen LogP contribution is 2.35. The van der Waals surface area contributed by atoms with Crippen molar-refractivity contribution >= 4 is 130 Å². The third kappa shape index (κ3) is 28.9. The van der Waals surface area contributed by atoms with Crippen LogP contribution in [0, 0.1) is 0 Å². The molecule has 0 aromatic heterocycles. The molecule has 77 heavy (non-hydrogen) atoms. The van der Waals surface area contributed by atoms with Crippen molar-refractivity contribution in [2.24, 2.45) is 0 Å². The summed E-state index contributed by atoms with van der Waals surface area (Å²) in [6.07, 6.45) is -43.3. The van der Waals surface area contributed by atoms with E-state index in [0.717, 1.165) is 0 Å². The topological polar surface area (TPSA) is 715 Å². The third-order valence-corrected chi connectivity index (χ3v) is 13.2. The number of rotatable bonds is 35. The van der Waals surface area contributed by atoms with Gasteiger partial charge in [-0.1, -0.05) is 0 Å². The Morgan fingerprint density at radius 3 is 1.13 bits per heavy atom. The lowest BCUT2D eigenvalue weighted by molar-refractivity contribution is -0.293. The zero-order valence-corrected chi connectivity index (χ0v) is 45.3. The molecule has 0 spiro atoms. The largest absolute Gasteiger partial charge is 0.397 e. The first-order valence-electron chi connectivity index (χ1n) is 17.6. The Balaban J connectivity index is 2.99. The molecule has 2 aliphatic rings. The highest BCUT2D eigenvalue weighted by atomic mass is 32.3. The van der Waals surface area contributed by atoms with E-state index in [1.807, 2.05) is 0 Å². The van der Waals surface area contributed by atoms with E-state index in [-0.39, 0.29) is 0 Å². The molecule has 0 bridgehead atoms. The molecule has 2 saturated heterocycles. The summed E-state index contributed by atoms with van der Waals surface area (Å²) in [7, 11) is -42.4. The van der Waals surface area contributed by atoms with Gasteiger partial charge in [-0.2, -0.15) is 80.0 Å². The fourth-order valence-electron chi connectivity index (χ4n) is 5.85. The van der Waals surface area contributed by atoms with Gasteiger partial charge in [-0.3, -0.25) is 75.5 Å². The SMILES string of the molecule is O=S(O)O[C@@H]1[C@@H](OS(=O)(=O)O)[C@H](OC[C@H](OS(=O)O)[C@@H](OS(=O)O)[C@@H](OS(=O)(=O)O)[C@@H](CO[C@@H]2O[C@H](COS(=O)(=O)O)[C@@H](OS(=O)(=O)O)[C@H](OS(=O)(=O)O)[C@H]2OS(=O)O)OS(=O)(=O)O)O[C@H](COS(=O)(=O)O)[C@H]1OS(=O)O. The van der Waals surface area contributed by atoms with Gasteiger partial charge in [-0.15, -0.1) is 0 Å². The standard InChI is InChI=1S/C18H34O47S12/c19-66(20)56-7(1-50-18-16(65-77(47,48)49)13(59-69(25)26)9(57-67(21)22)5(54-18)3-52-71(29,30)31)10(58-68(23)24)12(63-75(41,42)43)8(61-73(35,36)37)2-51-17-15(60-70(27)28)14(64-76(44,45)46)11(62-74(38,39)40)6(55-17)4-53-72(32,33)34/h5-18H,1-4H2,(H,19,20)(H,21,22)(H,23,24)(H,25,26)(H,27,28)(H,29,30,31)(H,32,33,34)(H,35,36,37)(H,38,39,40)(H,41,42,43)(H,44,45,46)(H,47,48,49)/t5-,6-,7+,8-,9-,10-,11-,12+,13+,14+,15-,16-,17-,18-/m1/s1. The van der Waals surface area contributed by atoms with Crippen LogP contribution in [0.25, 0.3) is 0 Å². The van der Waals surface area contributed by atoms with Gasteiger partial charge < -0.3 is 18.9 Å². The minimum Gasteiger partial charge on any atom is -0.347 e. The van der Waals surface area contributed by atoms with Crippen LogP contribution in [-0.2, 0) is 199 Å². The Morgan fingerprint density at radius 1 is 0.377 bits per heavy atom. The zero-order valence-electron chi connectivity index (χ0n) is 35.5. The molecular formula is C18H34O47S12. The van der Waals surface area contributed by atoms with Crippen molar-refractivity contribution < 1.29 is 204 Å². The van der Waals surface area contributed by atoms with E-state index < -0.39 is 242 Å². The predicted octanol–water partition coefficient (Wildman–Crippen LogP) is -8.34. The summed E-state index contributed by atoms with van der Waals surface area (Å²) in [4.78, 5) is 0. The smallest absolute Gasteiger partial charge is 0.347 e. The van der Waals surface area contributed by atoms with Crippen LogP contribution in [0.2, 0.25) is 0 Å². The molecule has 59 heteroatoms. The average molecular weight is 1390 g/mol. The predicted molar refractivity (Wildman–Crippen MR) is 225 cm³/mol. The molecule has 2 rings (SSSR count). The molecule has 0 aromatic rings. The summed E-state index contributed by atoms with van der Waals surface area (Å²) in [5.41, 5.74) is 0. The van der Waals surface area contributed by atoms with Crippen molar-refractivity contribution in [2.45, 2.75) is 85.8 Å². The minimum absolute atomic E-state index is 1.73. The molecule has 460 valence electrons. The maximum atomic E-state index is 12.3. The summed E-state index contributed by atoms with van der Waals surface area (Å²) < 4.78 is 411. The van der Waals surface area contributed by atoms with Crippen molar-refractivity contribution in [3.8, 4) is 0 Å². The fourth-order valence-corrected chi connectivity index (χ4v) is 11.0. The first-order chi connectivity index (χ1) is 34.6. The van der Waals surface area contributed by atoms with Crippen LogP contribution in [0.15, 0.2) is 0 Å². The van der Waals surface area contributed by atoms with Crippen molar-refractivity contribution in [3.05, 3.63) is 0 Å². The summed E-state index contributed by atoms with van der Waals surface area (Å²) in [5.74, 6) is 0. The van der Waals surface area contributed by atoms with E-state index in [0.29, 0.717) is 0 Å². The first kappa shape index (κ1) is 72.4. The van der Waals surface area contributed by atoms with Crippen molar-refractivity contribution in [3.63, 3.8) is 0 Å². The molecule has 12 N–H and O–H groups in total. The Labute approximate surface area is 443 Å². The molecular weight excluding hydrogens is 1350 g/mol. The average Bonchev–Trinajstić information content (AvgIpc) is 3.18. The van der Waals surface area contributed by atoms with Crippen molar-refractivity contribution in [2.75, 3.05) is 26.4 Å². The molecule has 5 unspecified atom stereocenters. The molecule has 0 saturated carbocycles. The minimum atomic E-state index is -6.44. The van der Waals surface area contributed by atoms with Crippen LogP contribution in [0.1, 0.15) is 0 Å². The molecule has 2 fully saturated rings. The van der Waals surface area contributed by atoms with Crippen LogP contribution >= 0.6 is 0 Å². The summed E-state index contributed by atoms with van der Waals surface area (Å²) in [6.45, 7) is -7.94. The van der Waals surface area contributed by atoms with Gasteiger partial charge in [0.2, 0.25) is 0 Å². The van der Waals surface area contributed by atoms with Gasteiger partial charge in [0.1, 0.15) is 61.0 Å². The lowest BCUT2D eigenvalue weighted by Crippen LogP contribution is -2.63. The van der Waals surface area contributed by atoms with Gasteiger partial charge in [0.05, 0.1) is 26.4 Å². The van der Waals surface area contributed by atoms with Crippen LogP contribution in [0.4, 0.5) is 0 Å². The number of ether oxygens (including phenoxy) is 4. The van der Waals surface area contributed by atoms with Gasteiger partial charge in [0, 0.05) is 0 Å². The highest BCUT2D eigenvalue weighted by molar-refractivity contribution is 7.82. The fraction of sp³-hybridized carbons (Fsp3) is 1.00. The quantitative estimate of drug-likeness (QED) is 0.0207. The van der Waals surface area contributed by atoms with E-state index in [1.54, 1.807) is 0 Å². The normalized spacial score (nSPS) is 29.1. The van der Waals surface area contributed by atoms with E-state index >= 15 is 0 Å². The van der Waals surface area contributed by atoms with Crippen LogP contribution in [0.3, 0.4) is 0 Å². The Hall–Kier alpha value is -0.720. The lowest BCUT2D eigenvalue weighted by atomic mass is 9.99. The van der Waals surface area contributed by atoms with E-state index in [1.165, 1.54) is 0 Å². The van der Waals surface area contributed by atoms with Crippen molar-refractivity contribution in [1.82, 2.24) is 0 Å². The highest BCUT2D eigenvalue weighted by Gasteiger charge is 2.56. The Bertz CT molecular complexity index is 2900. The van der Waals surface area contributed by atoms with Crippen LogP contribution in [-0.4, -0.2) is 247 Å². The Kier molecular flexibility index (Phi) is 27.9. The van der Waals surface area contributed by atoms with Gasteiger partial charge in [-0.25, -0.2) is 29.3 Å². The van der Waals surface area contributed by atoms with E-state index in [2.05, 4.69) is 50.2 Å². The van der Waals surface area contributed by atoms with E-state index in [4.69, 9.17) is 28.1 Å². The van der Waals surface area contributed by atoms with Gasteiger partial charge in [0.25, 0.3) is 0 Å². The number of hydrogen-bond donors (Lipinski definition) is 12.